The summed E-state index contributed by atoms with van der Waals surface area (Å²) in [7, 11) is 0. The highest BCUT2D eigenvalue weighted by Gasteiger charge is 2.39. The second-order valence-electron chi connectivity index (χ2n) is 16.4. The second kappa shape index (κ2) is 11.5. The van der Waals surface area contributed by atoms with Gasteiger partial charge in [-0.3, -0.25) is 0 Å². The van der Waals surface area contributed by atoms with E-state index in [1.165, 1.54) is 99.7 Å². The molecule has 0 amide bonds. The summed E-state index contributed by atoms with van der Waals surface area (Å²) in [6.07, 6.45) is 0. The van der Waals surface area contributed by atoms with E-state index in [0.29, 0.717) is 0 Å². The van der Waals surface area contributed by atoms with Crippen LogP contribution in [-0.4, -0.2) is 4.57 Å². The van der Waals surface area contributed by atoms with Crippen LogP contribution in [0.1, 0.15) is 49.9 Å². The van der Waals surface area contributed by atoms with Gasteiger partial charge in [-0.25, -0.2) is 0 Å². The van der Waals surface area contributed by atoms with Gasteiger partial charge < -0.3 is 4.57 Å². The molecule has 1 aromatic heterocycles. The highest BCUT2D eigenvalue weighted by molar-refractivity contribution is 6.21. The maximum atomic E-state index is 2.50. The Morgan fingerprint density at radius 1 is 0.309 bits per heavy atom. The molecule has 0 unspecified atom stereocenters. The molecule has 0 saturated carbocycles. The third-order valence-corrected chi connectivity index (χ3v) is 12.8. The van der Waals surface area contributed by atoms with Gasteiger partial charge in [0.2, 0.25) is 0 Å². The van der Waals surface area contributed by atoms with E-state index >= 15 is 0 Å². The molecule has 9 aromatic rings. The molecule has 0 fully saturated rings. The number of fused-ring (bicyclic) bond motifs is 9. The first-order chi connectivity index (χ1) is 26.8. The molecule has 1 heteroatoms. The normalized spacial score (nSPS) is 14.5. The van der Waals surface area contributed by atoms with E-state index in [4.69, 9.17) is 0 Å². The molecule has 0 saturated heterocycles. The third-order valence-electron chi connectivity index (χ3n) is 12.8. The fourth-order valence-corrected chi connectivity index (χ4v) is 10.4. The average Bonchev–Trinajstić information content (AvgIpc) is 3.79. The Bertz CT molecular complexity index is 2840. The fraction of sp³-hybridized carbons (Fsp3) is 0.111. The van der Waals surface area contributed by atoms with Crippen molar-refractivity contribution in [2.75, 3.05) is 0 Å². The first-order valence-corrected chi connectivity index (χ1v) is 19.5. The fourth-order valence-electron chi connectivity index (χ4n) is 10.4. The van der Waals surface area contributed by atoms with E-state index < -0.39 is 0 Å². The topological polar surface area (TPSA) is 4.93 Å². The van der Waals surface area contributed by atoms with E-state index in [9.17, 15) is 0 Å². The number of benzene rings is 8. The van der Waals surface area contributed by atoms with E-state index in [1.54, 1.807) is 0 Å². The van der Waals surface area contributed by atoms with Gasteiger partial charge in [0.05, 0.1) is 11.0 Å². The Morgan fingerprint density at radius 2 is 0.673 bits per heavy atom. The Kier molecular flexibility index (Phi) is 6.72. The molecule has 0 aliphatic heterocycles. The Hall–Kier alpha value is -6.44. The van der Waals surface area contributed by atoms with Crippen molar-refractivity contribution in [1.29, 1.82) is 0 Å². The molecular weight excluding hydrogens is 663 g/mol. The van der Waals surface area contributed by atoms with E-state index in [2.05, 4.69) is 208 Å². The summed E-state index contributed by atoms with van der Waals surface area (Å²) in [6, 6.07) is 65.6. The highest BCUT2D eigenvalue weighted by Crippen LogP contribution is 2.56. The molecule has 11 rings (SSSR count). The molecule has 2 aliphatic rings. The molecule has 262 valence electrons. The van der Waals surface area contributed by atoms with Crippen LogP contribution in [0.2, 0.25) is 0 Å². The van der Waals surface area contributed by atoms with Crippen molar-refractivity contribution in [3.8, 4) is 61.3 Å². The lowest BCUT2D eigenvalue weighted by Gasteiger charge is -2.25. The van der Waals surface area contributed by atoms with Gasteiger partial charge in [-0.15, -0.1) is 0 Å². The van der Waals surface area contributed by atoms with Gasteiger partial charge >= 0.3 is 0 Å². The van der Waals surface area contributed by atoms with Crippen molar-refractivity contribution in [3.63, 3.8) is 0 Å². The van der Waals surface area contributed by atoms with Crippen LogP contribution in [0.5, 0.6) is 0 Å². The summed E-state index contributed by atoms with van der Waals surface area (Å²) in [5, 5.41) is 2.60. The summed E-state index contributed by atoms with van der Waals surface area (Å²) in [4.78, 5) is 0. The zero-order chi connectivity index (χ0) is 37.1. The molecule has 0 N–H and O–H groups in total. The number of aromatic nitrogens is 1. The average molecular weight is 704 g/mol. The van der Waals surface area contributed by atoms with E-state index in [-0.39, 0.29) is 10.8 Å². The minimum absolute atomic E-state index is 0.144. The van der Waals surface area contributed by atoms with Gasteiger partial charge in [-0.05, 0) is 102 Å². The number of hydrogen-bond acceptors (Lipinski definition) is 0. The van der Waals surface area contributed by atoms with Crippen LogP contribution in [0, 0.1) is 0 Å². The minimum Gasteiger partial charge on any atom is -0.309 e. The molecule has 2 aliphatic carbocycles. The predicted molar refractivity (Wildman–Crippen MR) is 232 cm³/mol. The molecular formula is C54H41N. The van der Waals surface area contributed by atoms with Crippen LogP contribution in [0.4, 0.5) is 0 Å². The van der Waals surface area contributed by atoms with Gasteiger partial charge in [0.15, 0.2) is 0 Å². The minimum atomic E-state index is -0.144. The second-order valence-corrected chi connectivity index (χ2v) is 16.4. The van der Waals surface area contributed by atoms with Crippen molar-refractivity contribution < 1.29 is 0 Å². The summed E-state index contributed by atoms with van der Waals surface area (Å²) >= 11 is 0. The monoisotopic (exact) mass is 703 g/mol. The molecule has 1 nitrogen and oxygen atoms in total. The van der Waals surface area contributed by atoms with E-state index in [0.717, 1.165) is 5.69 Å². The lowest BCUT2D eigenvalue weighted by Crippen LogP contribution is -2.16. The Labute approximate surface area is 323 Å². The zero-order valence-corrected chi connectivity index (χ0v) is 31.7. The van der Waals surface area contributed by atoms with Crippen LogP contribution >= 0.6 is 0 Å². The SMILES string of the molecule is CC1(C)c2ccccc2-c2cccc(-c3cccc4c3c3c(-c5cccc6c5C(C)(C)c5ccccc5-6)cccc3n4-c3ccc(-c4ccccc4)cc3)c21. The summed E-state index contributed by atoms with van der Waals surface area (Å²) < 4.78 is 2.50. The molecule has 0 bridgehead atoms. The summed E-state index contributed by atoms with van der Waals surface area (Å²) in [5.41, 5.74) is 21.9. The lowest BCUT2D eigenvalue weighted by atomic mass is 9.77. The predicted octanol–water partition coefficient (Wildman–Crippen LogP) is 14.4. The molecule has 8 aromatic carbocycles. The largest absolute Gasteiger partial charge is 0.309 e. The number of rotatable bonds is 4. The molecule has 0 radical (unpaired) electrons. The lowest BCUT2D eigenvalue weighted by molar-refractivity contribution is 0.662. The van der Waals surface area contributed by atoms with Crippen molar-refractivity contribution >= 4 is 21.8 Å². The maximum absolute atomic E-state index is 2.50. The van der Waals surface area contributed by atoms with Gasteiger partial charge in [-0.2, -0.15) is 0 Å². The van der Waals surface area contributed by atoms with Crippen molar-refractivity contribution in [2.24, 2.45) is 0 Å². The number of hydrogen-bond donors (Lipinski definition) is 0. The van der Waals surface area contributed by atoms with Crippen LogP contribution in [0.3, 0.4) is 0 Å². The molecule has 0 atom stereocenters. The Balaban J connectivity index is 1.24. The summed E-state index contributed by atoms with van der Waals surface area (Å²) in [5.74, 6) is 0. The van der Waals surface area contributed by atoms with Gasteiger partial charge in [0, 0.05) is 27.3 Å². The smallest absolute Gasteiger partial charge is 0.0547 e. The molecule has 0 spiro atoms. The number of nitrogens with zero attached hydrogens (tertiary/aromatic N) is 1. The van der Waals surface area contributed by atoms with Crippen molar-refractivity contribution in [3.05, 3.63) is 198 Å². The van der Waals surface area contributed by atoms with Crippen molar-refractivity contribution in [2.45, 2.75) is 38.5 Å². The van der Waals surface area contributed by atoms with Crippen LogP contribution in [0.15, 0.2) is 176 Å². The summed E-state index contributed by atoms with van der Waals surface area (Å²) in [6.45, 7) is 9.60. The van der Waals surface area contributed by atoms with Crippen LogP contribution < -0.4 is 0 Å². The van der Waals surface area contributed by atoms with Crippen LogP contribution in [0.25, 0.3) is 83.1 Å². The molecule has 55 heavy (non-hydrogen) atoms. The first-order valence-electron chi connectivity index (χ1n) is 19.5. The van der Waals surface area contributed by atoms with Crippen molar-refractivity contribution in [1.82, 2.24) is 4.57 Å². The van der Waals surface area contributed by atoms with Gasteiger partial charge in [0.1, 0.15) is 0 Å². The first kappa shape index (κ1) is 32.0. The van der Waals surface area contributed by atoms with Gasteiger partial charge in [0.25, 0.3) is 0 Å². The highest BCUT2D eigenvalue weighted by atomic mass is 15.0. The van der Waals surface area contributed by atoms with Gasteiger partial charge in [-0.1, -0.05) is 179 Å². The van der Waals surface area contributed by atoms with Crippen LogP contribution in [-0.2, 0) is 10.8 Å². The molecule has 1 heterocycles. The van der Waals surface area contributed by atoms with E-state index in [1.807, 2.05) is 0 Å². The Morgan fingerprint density at radius 3 is 1.16 bits per heavy atom. The quantitative estimate of drug-likeness (QED) is 0.172. The zero-order valence-electron chi connectivity index (χ0n) is 31.7. The standard InChI is InChI=1S/C54H41N/c1-53(2)45-26-10-8-18-37(45)41-22-12-24-43(51(41)53)39-20-14-28-47-49(39)50-40(44-25-13-23-42-38-19-9-11-27-46(38)54(3,4)52(42)44)21-15-29-48(50)55(47)36-32-30-35(31-33-36)34-16-6-5-7-17-34/h5-33H,1-4H3. The third kappa shape index (κ3) is 4.41. The maximum Gasteiger partial charge on any atom is 0.0547 e.